The predicted octanol–water partition coefficient (Wildman–Crippen LogP) is 3.55. The van der Waals surface area contributed by atoms with Gasteiger partial charge in [0, 0.05) is 5.41 Å². The molecule has 170 valence electrons. The topological polar surface area (TPSA) is 76.7 Å². The number of nitrogens with one attached hydrogen (secondary N) is 2. The first kappa shape index (κ1) is 22.0. The van der Waals surface area contributed by atoms with E-state index in [4.69, 9.17) is 9.47 Å². The highest BCUT2D eigenvalue weighted by Crippen LogP contribution is 2.60. The molecule has 2 N–H and O–H groups in total. The van der Waals surface area contributed by atoms with E-state index in [1.54, 1.807) is 7.11 Å². The Kier molecular flexibility index (Phi) is 6.44. The quantitative estimate of drug-likeness (QED) is 0.590. The molecular weight excluding hydrogens is 392 g/mol. The number of methoxy groups -OCH3 is 1. The van der Waals surface area contributed by atoms with Crippen molar-refractivity contribution in [2.24, 2.45) is 29.1 Å². The molecule has 31 heavy (non-hydrogen) atoms. The summed E-state index contributed by atoms with van der Waals surface area (Å²) in [6, 6.07) is 6.83. The third-order valence-corrected chi connectivity index (χ3v) is 7.49. The van der Waals surface area contributed by atoms with Crippen LogP contribution in [0, 0.1) is 29.1 Å². The van der Waals surface area contributed by atoms with Gasteiger partial charge in [0.25, 0.3) is 0 Å². The fourth-order valence-electron chi connectivity index (χ4n) is 6.34. The van der Waals surface area contributed by atoms with Crippen LogP contribution in [0.15, 0.2) is 24.3 Å². The lowest BCUT2D eigenvalue weighted by atomic mass is 9.49. The van der Waals surface area contributed by atoms with Crippen molar-refractivity contribution in [2.45, 2.75) is 58.4 Å². The minimum Gasteiger partial charge on any atom is -0.497 e. The smallest absolute Gasteiger partial charge is 0.242 e. The van der Waals surface area contributed by atoms with Gasteiger partial charge in [0.2, 0.25) is 11.8 Å². The van der Waals surface area contributed by atoms with Crippen molar-refractivity contribution >= 4 is 11.8 Å². The average molecular weight is 429 g/mol. The van der Waals surface area contributed by atoms with E-state index in [1.165, 1.54) is 19.3 Å². The van der Waals surface area contributed by atoms with E-state index >= 15 is 0 Å². The number of amides is 2. The van der Waals surface area contributed by atoms with Gasteiger partial charge in [-0.05, 0) is 86.5 Å². The van der Waals surface area contributed by atoms with Gasteiger partial charge in [-0.15, -0.1) is 0 Å². The Morgan fingerprint density at radius 2 is 1.55 bits per heavy atom. The molecule has 0 heterocycles. The van der Waals surface area contributed by atoms with E-state index < -0.39 is 6.04 Å². The van der Waals surface area contributed by atoms with Gasteiger partial charge in [0.05, 0.1) is 13.7 Å². The van der Waals surface area contributed by atoms with Gasteiger partial charge < -0.3 is 20.1 Å². The first-order valence-corrected chi connectivity index (χ1v) is 11.7. The molecule has 4 bridgehead atoms. The summed E-state index contributed by atoms with van der Waals surface area (Å²) in [5.74, 6) is 3.62. The van der Waals surface area contributed by atoms with Crippen LogP contribution in [0.1, 0.15) is 52.4 Å². The zero-order valence-corrected chi connectivity index (χ0v) is 19.0. The molecule has 1 aromatic rings. The highest BCUT2D eigenvalue weighted by molar-refractivity contribution is 5.90. The summed E-state index contributed by atoms with van der Waals surface area (Å²) in [4.78, 5) is 26.2. The number of hydrogen-bond acceptors (Lipinski definition) is 4. The second kappa shape index (κ2) is 9.09. The standard InChI is InChI=1S/C25H36N2O4/c1-16(2)22(23(28)26-8-9-31-21-6-4-20(30-3)5-7-21)27-24(29)25-13-17-10-18(14-25)12-19(11-17)15-25/h4-7,16-19,22H,8-15H2,1-3H3,(H,26,28)(H,27,29)/t17?,18?,19?,22-,25?/m0/s1. The maximum atomic E-state index is 13.4. The molecule has 6 heteroatoms. The lowest BCUT2D eigenvalue weighted by Gasteiger charge is -2.55. The third kappa shape index (κ3) is 4.83. The highest BCUT2D eigenvalue weighted by Gasteiger charge is 2.55. The number of benzene rings is 1. The molecular formula is C25H36N2O4. The summed E-state index contributed by atoms with van der Waals surface area (Å²) in [7, 11) is 1.62. The van der Waals surface area contributed by atoms with Crippen LogP contribution >= 0.6 is 0 Å². The van der Waals surface area contributed by atoms with Crippen LogP contribution in [0.5, 0.6) is 11.5 Å². The molecule has 4 aliphatic carbocycles. The fraction of sp³-hybridized carbons (Fsp3) is 0.680. The summed E-state index contributed by atoms with van der Waals surface area (Å²) in [5, 5.41) is 6.07. The van der Waals surface area contributed by atoms with Crippen LogP contribution in [0.4, 0.5) is 0 Å². The molecule has 0 radical (unpaired) electrons. The second-order valence-corrected chi connectivity index (χ2v) is 10.2. The monoisotopic (exact) mass is 428 g/mol. The molecule has 6 nitrogen and oxygen atoms in total. The zero-order chi connectivity index (χ0) is 22.0. The first-order valence-electron chi connectivity index (χ1n) is 11.7. The van der Waals surface area contributed by atoms with Crippen molar-refractivity contribution in [3.05, 3.63) is 24.3 Å². The molecule has 0 aromatic heterocycles. The summed E-state index contributed by atoms with van der Waals surface area (Å²) >= 11 is 0. The van der Waals surface area contributed by atoms with Crippen molar-refractivity contribution in [3.63, 3.8) is 0 Å². The third-order valence-electron chi connectivity index (χ3n) is 7.49. The minimum atomic E-state index is -0.513. The van der Waals surface area contributed by atoms with Crippen LogP contribution in [0.25, 0.3) is 0 Å². The van der Waals surface area contributed by atoms with E-state index in [1.807, 2.05) is 38.1 Å². The van der Waals surface area contributed by atoms with E-state index in [9.17, 15) is 9.59 Å². The zero-order valence-electron chi connectivity index (χ0n) is 19.0. The Morgan fingerprint density at radius 3 is 2.06 bits per heavy atom. The lowest BCUT2D eigenvalue weighted by molar-refractivity contribution is -0.149. The Bertz CT molecular complexity index is 754. The van der Waals surface area contributed by atoms with Gasteiger partial charge in [0.1, 0.15) is 24.1 Å². The summed E-state index contributed by atoms with van der Waals surface area (Å²) in [6.07, 6.45) is 6.92. The van der Waals surface area contributed by atoms with E-state index in [2.05, 4.69) is 10.6 Å². The predicted molar refractivity (Wildman–Crippen MR) is 119 cm³/mol. The molecule has 1 aromatic carbocycles. The summed E-state index contributed by atoms with van der Waals surface area (Å²) in [5.41, 5.74) is -0.236. The number of hydrogen-bond donors (Lipinski definition) is 2. The van der Waals surface area contributed by atoms with Crippen molar-refractivity contribution in [3.8, 4) is 11.5 Å². The van der Waals surface area contributed by atoms with Crippen LogP contribution in [-0.2, 0) is 9.59 Å². The maximum absolute atomic E-state index is 13.4. The Labute approximate surface area is 185 Å². The van der Waals surface area contributed by atoms with Crippen LogP contribution in [0.3, 0.4) is 0 Å². The van der Waals surface area contributed by atoms with Gasteiger partial charge in [-0.3, -0.25) is 9.59 Å². The Balaban J connectivity index is 1.28. The van der Waals surface area contributed by atoms with Gasteiger partial charge in [-0.25, -0.2) is 0 Å². The van der Waals surface area contributed by atoms with Gasteiger partial charge in [0.15, 0.2) is 0 Å². The minimum absolute atomic E-state index is 0.0281. The van der Waals surface area contributed by atoms with E-state index in [-0.39, 0.29) is 23.1 Å². The van der Waals surface area contributed by atoms with Crippen molar-refractivity contribution in [2.75, 3.05) is 20.3 Å². The molecule has 2 amide bonds. The van der Waals surface area contributed by atoms with Crippen molar-refractivity contribution in [1.29, 1.82) is 0 Å². The molecule has 0 unspecified atom stereocenters. The largest absolute Gasteiger partial charge is 0.497 e. The SMILES string of the molecule is COc1ccc(OCCNC(=O)[C@@H](NC(=O)C23CC4CC(CC(C4)C2)C3)C(C)C)cc1. The highest BCUT2D eigenvalue weighted by atomic mass is 16.5. The average Bonchev–Trinajstić information content (AvgIpc) is 2.74. The first-order chi connectivity index (χ1) is 14.9. The molecule has 0 saturated heterocycles. The molecule has 4 saturated carbocycles. The number of ether oxygens (including phenoxy) is 2. The maximum Gasteiger partial charge on any atom is 0.242 e. The number of rotatable bonds is 9. The van der Waals surface area contributed by atoms with E-state index in [0.29, 0.717) is 30.9 Å². The molecule has 0 spiro atoms. The summed E-state index contributed by atoms with van der Waals surface area (Å²) < 4.78 is 10.8. The Hall–Kier alpha value is -2.24. The fourth-order valence-corrected chi connectivity index (χ4v) is 6.34. The van der Waals surface area contributed by atoms with Crippen LogP contribution in [-0.4, -0.2) is 38.1 Å². The second-order valence-electron chi connectivity index (χ2n) is 10.2. The number of carbonyl (C=O) groups excluding carboxylic acids is 2. The van der Waals surface area contributed by atoms with Crippen molar-refractivity contribution < 1.29 is 19.1 Å². The normalized spacial score (nSPS) is 29.5. The van der Waals surface area contributed by atoms with Crippen molar-refractivity contribution in [1.82, 2.24) is 10.6 Å². The number of carbonyl (C=O) groups is 2. The molecule has 0 aliphatic heterocycles. The van der Waals surface area contributed by atoms with Gasteiger partial charge in [-0.1, -0.05) is 13.8 Å². The molecule has 4 fully saturated rings. The van der Waals surface area contributed by atoms with Crippen LogP contribution in [0.2, 0.25) is 0 Å². The van der Waals surface area contributed by atoms with Gasteiger partial charge >= 0.3 is 0 Å². The van der Waals surface area contributed by atoms with Crippen LogP contribution < -0.4 is 20.1 Å². The van der Waals surface area contributed by atoms with Gasteiger partial charge in [-0.2, -0.15) is 0 Å². The molecule has 5 rings (SSSR count). The molecule has 4 aliphatic rings. The lowest BCUT2D eigenvalue weighted by Crippen LogP contribution is -2.58. The summed E-state index contributed by atoms with van der Waals surface area (Å²) in [6.45, 7) is 4.73. The Morgan fingerprint density at radius 1 is 1.00 bits per heavy atom. The molecule has 1 atom stereocenters. The van der Waals surface area contributed by atoms with E-state index in [0.717, 1.165) is 30.8 Å².